The Balaban J connectivity index is 3.31. The van der Waals surface area contributed by atoms with Crippen molar-refractivity contribution in [2.45, 2.75) is 11.8 Å². The molecule has 0 aliphatic rings. The van der Waals surface area contributed by atoms with Crippen LogP contribution in [0.5, 0.6) is 0 Å². The molecule has 0 aliphatic carbocycles. The summed E-state index contributed by atoms with van der Waals surface area (Å²) in [5.74, 6) is -0.401. The highest BCUT2D eigenvalue weighted by Gasteiger charge is 2.28. The molecule has 0 fully saturated rings. The van der Waals surface area contributed by atoms with Crippen molar-refractivity contribution >= 4 is 49.1 Å². The van der Waals surface area contributed by atoms with Crippen LogP contribution < -0.4 is 11.1 Å². The van der Waals surface area contributed by atoms with Crippen molar-refractivity contribution in [3.8, 4) is 0 Å². The second-order valence-electron chi connectivity index (χ2n) is 3.91. The van der Waals surface area contributed by atoms with Crippen LogP contribution in [0.3, 0.4) is 0 Å². The second-order valence-corrected chi connectivity index (χ2v) is 7.05. The Labute approximate surface area is 131 Å². The van der Waals surface area contributed by atoms with Crippen LogP contribution in [0.25, 0.3) is 0 Å². The Morgan fingerprint density at radius 3 is 2.60 bits per heavy atom. The lowest BCUT2D eigenvalue weighted by Crippen LogP contribution is -2.39. The van der Waals surface area contributed by atoms with Gasteiger partial charge < -0.3 is 11.1 Å². The molecular formula is C11H15BrClN3O3S. The number of nitrogens with one attached hydrogen (secondary N) is 1. The minimum atomic E-state index is -3.87. The highest BCUT2D eigenvalue weighted by molar-refractivity contribution is 9.10. The molecule has 0 saturated heterocycles. The highest BCUT2D eigenvalue weighted by Crippen LogP contribution is 2.33. The minimum Gasteiger partial charge on any atom is -0.398 e. The lowest BCUT2D eigenvalue weighted by molar-refractivity contribution is -0.120. The van der Waals surface area contributed by atoms with Crippen LogP contribution in [0.4, 0.5) is 5.69 Å². The van der Waals surface area contributed by atoms with E-state index < -0.39 is 15.9 Å². The first-order chi connectivity index (χ1) is 9.23. The highest BCUT2D eigenvalue weighted by atomic mass is 79.9. The van der Waals surface area contributed by atoms with E-state index in [0.717, 1.165) is 4.31 Å². The van der Waals surface area contributed by atoms with Crippen molar-refractivity contribution in [2.75, 3.05) is 25.9 Å². The van der Waals surface area contributed by atoms with Gasteiger partial charge in [-0.2, -0.15) is 4.31 Å². The molecule has 0 atom stereocenters. The molecule has 0 saturated carbocycles. The van der Waals surface area contributed by atoms with E-state index in [1.54, 1.807) is 6.92 Å². The Bertz CT molecular complexity index is 622. The number of benzene rings is 1. The van der Waals surface area contributed by atoms with E-state index in [1.807, 2.05) is 0 Å². The summed E-state index contributed by atoms with van der Waals surface area (Å²) in [7, 11) is -2.43. The third kappa shape index (κ3) is 3.63. The summed E-state index contributed by atoms with van der Waals surface area (Å²) in [6, 6.07) is 2.74. The van der Waals surface area contributed by atoms with Gasteiger partial charge in [-0.15, -0.1) is 0 Å². The number of halogens is 2. The lowest BCUT2D eigenvalue weighted by atomic mass is 10.3. The minimum absolute atomic E-state index is 0.0618. The standard InChI is InChI=1S/C11H15BrClN3O3S/c1-3-16(6-10(17)15-2)20(18,19)9-5-7(13)4-8(14)11(9)12/h4-5H,3,6,14H2,1-2H3,(H,15,17). The number of hydrogen-bond acceptors (Lipinski definition) is 4. The Morgan fingerprint density at radius 1 is 1.50 bits per heavy atom. The van der Waals surface area contributed by atoms with Crippen LogP contribution in [0, 0.1) is 0 Å². The molecule has 1 amide bonds. The third-order valence-electron chi connectivity index (χ3n) is 2.60. The van der Waals surface area contributed by atoms with Crippen LogP contribution in [0.2, 0.25) is 5.02 Å². The van der Waals surface area contributed by atoms with Gasteiger partial charge in [0.2, 0.25) is 15.9 Å². The Morgan fingerprint density at radius 2 is 2.10 bits per heavy atom. The molecular weight excluding hydrogens is 370 g/mol. The molecule has 1 rings (SSSR count). The van der Waals surface area contributed by atoms with Crippen molar-refractivity contribution < 1.29 is 13.2 Å². The van der Waals surface area contributed by atoms with Crippen molar-refractivity contribution in [1.82, 2.24) is 9.62 Å². The monoisotopic (exact) mass is 383 g/mol. The van der Waals surface area contributed by atoms with Gasteiger partial charge in [0.25, 0.3) is 0 Å². The summed E-state index contributed by atoms with van der Waals surface area (Å²) in [5, 5.41) is 2.59. The fourth-order valence-corrected chi connectivity index (χ4v) is 4.18. The number of anilines is 1. The zero-order chi connectivity index (χ0) is 15.5. The summed E-state index contributed by atoms with van der Waals surface area (Å²) in [4.78, 5) is 11.3. The molecule has 0 aliphatic heterocycles. The van der Waals surface area contributed by atoms with Crippen molar-refractivity contribution in [1.29, 1.82) is 0 Å². The van der Waals surface area contributed by atoms with E-state index in [1.165, 1.54) is 19.2 Å². The maximum atomic E-state index is 12.5. The van der Waals surface area contributed by atoms with E-state index in [9.17, 15) is 13.2 Å². The van der Waals surface area contributed by atoms with Gasteiger partial charge >= 0.3 is 0 Å². The molecule has 6 nitrogen and oxygen atoms in total. The van der Waals surface area contributed by atoms with Gasteiger partial charge in [-0.05, 0) is 28.1 Å². The van der Waals surface area contributed by atoms with Crippen molar-refractivity contribution in [3.05, 3.63) is 21.6 Å². The summed E-state index contributed by atoms with van der Waals surface area (Å²) in [6.07, 6.45) is 0. The maximum Gasteiger partial charge on any atom is 0.244 e. The number of carbonyl (C=O) groups excluding carboxylic acids is 1. The summed E-state index contributed by atoms with van der Waals surface area (Å²) in [6.45, 7) is 1.52. The molecule has 0 bridgehead atoms. The molecule has 1 aromatic carbocycles. The van der Waals surface area contributed by atoms with Gasteiger partial charge in [0.1, 0.15) is 0 Å². The first-order valence-electron chi connectivity index (χ1n) is 5.69. The number of sulfonamides is 1. The first kappa shape index (κ1) is 17.2. The summed E-state index contributed by atoms with van der Waals surface area (Å²) >= 11 is 8.99. The fraction of sp³-hybridized carbons (Fsp3) is 0.364. The molecule has 20 heavy (non-hydrogen) atoms. The lowest BCUT2D eigenvalue weighted by Gasteiger charge is -2.21. The normalized spacial score (nSPS) is 11.7. The predicted octanol–water partition coefficient (Wildman–Crippen LogP) is 1.44. The fourth-order valence-electron chi connectivity index (χ4n) is 1.52. The Kier molecular flexibility index (Phi) is 5.81. The number of carbonyl (C=O) groups is 1. The SMILES string of the molecule is CCN(CC(=O)NC)S(=O)(=O)c1cc(Cl)cc(N)c1Br. The quantitative estimate of drug-likeness (QED) is 0.751. The van der Waals surface area contributed by atoms with Gasteiger partial charge in [0.05, 0.1) is 15.9 Å². The van der Waals surface area contributed by atoms with E-state index >= 15 is 0 Å². The number of amides is 1. The molecule has 0 unspecified atom stereocenters. The third-order valence-corrected chi connectivity index (χ3v) is 5.91. The smallest absolute Gasteiger partial charge is 0.244 e. The van der Waals surface area contributed by atoms with Crippen LogP contribution in [-0.4, -0.2) is 38.8 Å². The van der Waals surface area contributed by atoms with E-state index in [2.05, 4.69) is 21.2 Å². The molecule has 0 spiro atoms. The summed E-state index contributed by atoms with van der Waals surface area (Å²) in [5.41, 5.74) is 5.91. The predicted molar refractivity (Wildman–Crippen MR) is 82.1 cm³/mol. The van der Waals surface area contributed by atoms with E-state index in [-0.39, 0.29) is 33.2 Å². The second kappa shape index (κ2) is 6.75. The number of nitrogen functional groups attached to an aromatic ring is 1. The van der Waals surface area contributed by atoms with Gasteiger partial charge in [0.15, 0.2) is 0 Å². The van der Waals surface area contributed by atoms with Gasteiger partial charge in [-0.1, -0.05) is 18.5 Å². The van der Waals surface area contributed by atoms with Crippen LogP contribution >= 0.6 is 27.5 Å². The zero-order valence-electron chi connectivity index (χ0n) is 11.0. The molecule has 9 heteroatoms. The van der Waals surface area contributed by atoms with Crippen molar-refractivity contribution in [3.63, 3.8) is 0 Å². The topological polar surface area (TPSA) is 92.5 Å². The number of hydrogen-bond donors (Lipinski definition) is 2. The zero-order valence-corrected chi connectivity index (χ0v) is 14.1. The van der Waals surface area contributed by atoms with Crippen molar-refractivity contribution in [2.24, 2.45) is 0 Å². The van der Waals surface area contributed by atoms with E-state index in [0.29, 0.717) is 0 Å². The molecule has 0 radical (unpaired) electrons. The number of nitrogens with two attached hydrogens (primary N) is 1. The molecule has 0 heterocycles. The van der Waals surface area contributed by atoms with Gasteiger partial charge in [0, 0.05) is 24.3 Å². The average Bonchev–Trinajstić information content (AvgIpc) is 2.39. The molecule has 112 valence electrons. The average molecular weight is 385 g/mol. The maximum absolute atomic E-state index is 12.5. The van der Waals surface area contributed by atoms with Crippen LogP contribution in [0.15, 0.2) is 21.5 Å². The largest absolute Gasteiger partial charge is 0.398 e. The first-order valence-corrected chi connectivity index (χ1v) is 8.30. The van der Waals surface area contributed by atoms with Crippen LogP contribution in [-0.2, 0) is 14.8 Å². The molecule has 1 aromatic rings. The number of likely N-dealkylation sites (N-methyl/N-ethyl adjacent to an activating group) is 2. The van der Waals surface area contributed by atoms with E-state index in [4.69, 9.17) is 17.3 Å². The molecule has 3 N–H and O–H groups in total. The number of rotatable bonds is 5. The summed E-state index contributed by atoms with van der Waals surface area (Å²) < 4.78 is 26.4. The van der Waals surface area contributed by atoms with Gasteiger partial charge in [-0.25, -0.2) is 8.42 Å². The van der Waals surface area contributed by atoms with Crippen LogP contribution in [0.1, 0.15) is 6.92 Å². The number of nitrogens with zero attached hydrogens (tertiary/aromatic N) is 1. The Hall–Kier alpha value is -0.830. The molecule has 0 aromatic heterocycles. The van der Waals surface area contributed by atoms with Gasteiger partial charge in [-0.3, -0.25) is 4.79 Å².